The number of hydrogen-bond donors (Lipinski definition) is 2. The van der Waals surface area contributed by atoms with Gasteiger partial charge in [-0.15, -0.1) is 0 Å². The number of hydrogen-bond acceptors (Lipinski definition) is 11. The number of benzene rings is 1. The van der Waals surface area contributed by atoms with E-state index in [1.54, 1.807) is 25.1 Å². The predicted molar refractivity (Wildman–Crippen MR) is 138 cm³/mol. The summed E-state index contributed by atoms with van der Waals surface area (Å²) in [4.78, 5) is 59.2. The van der Waals surface area contributed by atoms with Crippen LogP contribution in [0.25, 0.3) is 0 Å². The second-order valence-corrected chi connectivity index (χ2v) is 8.38. The summed E-state index contributed by atoms with van der Waals surface area (Å²) in [5, 5.41) is 5.37. The number of imide groups is 2. The second-order valence-electron chi connectivity index (χ2n) is 8.38. The van der Waals surface area contributed by atoms with Crippen molar-refractivity contribution < 1.29 is 47.7 Å². The van der Waals surface area contributed by atoms with E-state index in [0.717, 1.165) is 4.90 Å². The molecule has 13 nitrogen and oxygen atoms in total. The lowest BCUT2D eigenvalue weighted by molar-refractivity contribution is -0.139. The molecular weight excluding hydrogens is 514 g/mol. The number of carbonyl (C=O) groups is 5. The lowest BCUT2D eigenvalue weighted by Crippen LogP contribution is -2.53. The average Bonchev–Trinajstić information content (AvgIpc) is 2.92. The Kier molecular flexibility index (Phi) is 15.5. The Balaban J connectivity index is 1.59. The van der Waals surface area contributed by atoms with Crippen molar-refractivity contribution in [2.24, 2.45) is 0 Å². The van der Waals surface area contributed by atoms with Crippen molar-refractivity contribution >= 4 is 36.1 Å². The van der Waals surface area contributed by atoms with Crippen LogP contribution in [0.1, 0.15) is 28.8 Å². The Labute approximate surface area is 227 Å². The van der Waals surface area contributed by atoms with Crippen molar-refractivity contribution in [3.63, 3.8) is 0 Å². The SMILES string of the molecule is Cc1c(NCCOCCOCCOCCOCCOCC=O)cccc1C(=O)N(C=O)C1CCC(=O)NC1=O. The molecule has 2 N–H and O–H groups in total. The number of nitrogens with zero attached hydrogens (tertiary/aromatic N) is 1. The number of ether oxygens (including phenoxy) is 5. The molecule has 0 aliphatic carbocycles. The van der Waals surface area contributed by atoms with Crippen molar-refractivity contribution in [3.8, 4) is 0 Å². The van der Waals surface area contributed by atoms with Crippen LogP contribution in [0.4, 0.5) is 5.69 Å². The lowest BCUT2D eigenvalue weighted by Gasteiger charge is -2.29. The van der Waals surface area contributed by atoms with Crippen LogP contribution in [-0.2, 0) is 42.9 Å². The normalized spacial score (nSPS) is 15.1. The zero-order valence-corrected chi connectivity index (χ0v) is 22.2. The predicted octanol–water partition coefficient (Wildman–Crippen LogP) is 0.0926. The molecule has 0 spiro atoms. The fourth-order valence-electron chi connectivity index (χ4n) is 3.68. The number of piperidine rings is 1. The molecule has 1 aromatic rings. The maximum atomic E-state index is 13.0. The minimum atomic E-state index is -1.02. The van der Waals surface area contributed by atoms with Gasteiger partial charge in [0.1, 0.15) is 18.9 Å². The summed E-state index contributed by atoms with van der Waals surface area (Å²) >= 11 is 0. The van der Waals surface area contributed by atoms with Crippen LogP contribution >= 0.6 is 0 Å². The van der Waals surface area contributed by atoms with E-state index >= 15 is 0 Å². The van der Waals surface area contributed by atoms with Gasteiger partial charge in [-0.1, -0.05) is 6.07 Å². The minimum absolute atomic E-state index is 0.0605. The number of amides is 4. The van der Waals surface area contributed by atoms with E-state index in [2.05, 4.69) is 10.6 Å². The lowest BCUT2D eigenvalue weighted by atomic mass is 10.0. The molecule has 1 saturated heterocycles. The Bertz CT molecular complexity index is 943. The van der Waals surface area contributed by atoms with Gasteiger partial charge in [-0.25, -0.2) is 0 Å². The maximum Gasteiger partial charge on any atom is 0.261 e. The summed E-state index contributed by atoms with van der Waals surface area (Å²) in [5.41, 5.74) is 1.61. The summed E-state index contributed by atoms with van der Waals surface area (Å²) < 4.78 is 26.6. The third-order valence-corrected chi connectivity index (χ3v) is 5.69. The fraction of sp³-hybridized carbons (Fsp3) is 0.577. The highest BCUT2D eigenvalue weighted by Gasteiger charge is 2.35. The van der Waals surface area contributed by atoms with E-state index in [9.17, 15) is 24.0 Å². The largest absolute Gasteiger partial charge is 0.382 e. The van der Waals surface area contributed by atoms with Crippen molar-refractivity contribution in [1.29, 1.82) is 0 Å². The molecular formula is C26H37N3O10. The Morgan fingerprint density at radius 2 is 1.54 bits per heavy atom. The van der Waals surface area contributed by atoms with Crippen LogP contribution in [-0.4, -0.2) is 114 Å². The highest BCUT2D eigenvalue weighted by atomic mass is 16.6. The van der Waals surface area contributed by atoms with Crippen LogP contribution in [0, 0.1) is 6.92 Å². The van der Waals surface area contributed by atoms with E-state index in [0.29, 0.717) is 90.0 Å². The molecule has 4 amide bonds. The number of carbonyl (C=O) groups excluding carboxylic acids is 5. The smallest absolute Gasteiger partial charge is 0.261 e. The Morgan fingerprint density at radius 1 is 0.949 bits per heavy atom. The standard InChI is InChI=1S/C26H37N3O10/c1-20-21(26(34)29(19-31)23-5-6-24(32)28-25(23)33)3-2-4-22(20)27-7-9-35-11-13-37-15-17-39-18-16-38-14-12-36-10-8-30/h2-4,8,19,23,27H,5-7,9-18H2,1H3,(H,28,32,33). The molecule has 0 radical (unpaired) electrons. The number of aldehydes is 1. The molecule has 1 aliphatic heterocycles. The van der Waals surface area contributed by atoms with Gasteiger partial charge in [0.15, 0.2) is 0 Å². The molecule has 216 valence electrons. The number of rotatable bonds is 21. The topological polar surface area (TPSA) is 159 Å². The fourth-order valence-corrected chi connectivity index (χ4v) is 3.68. The molecule has 0 saturated carbocycles. The van der Waals surface area contributed by atoms with Crippen LogP contribution < -0.4 is 10.6 Å². The number of nitrogens with one attached hydrogen (secondary N) is 2. The van der Waals surface area contributed by atoms with Gasteiger partial charge in [-0.2, -0.15) is 0 Å². The van der Waals surface area contributed by atoms with Gasteiger partial charge >= 0.3 is 0 Å². The summed E-state index contributed by atoms with van der Waals surface area (Å²) in [5.74, 6) is -1.69. The van der Waals surface area contributed by atoms with Gasteiger partial charge in [0.2, 0.25) is 18.2 Å². The quantitative estimate of drug-likeness (QED) is 0.121. The second kappa shape index (κ2) is 18.9. The molecule has 13 heteroatoms. The summed E-state index contributed by atoms with van der Waals surface area (Å²) in [7, 11) is 0. The van der Waals surface area contributed by atoms with Crippen LogP contribution in [0.15, 0.2) is 18.2 Å². The highest BCUT2D eigenvalue weighted by Crippen LogP contribution is 2.22. The highest BCUT2D eigenvalue weighted by molar-refractivity contribution is 6.08. The van der Waals surface area contributed by atoms with Crippen molar-refractivity contribution in [3.05, 3.63) is 29.3 Å². The Hall–Kier alpha value is -3.23. The van der Waals surface area contributed by atoms with Crippen LogP contribution in [0.3, 0.4) is 0 Å². The van der Waals surface area contributed by atoms with E-state index in [4.69, 9.17) is 23.7 Å². The molecule has 39 heavy (non-hydrogen) atoms. The van der Waals surface area contributed by atoms with E-state index in [1.165, 1.54) is 0 Å². The minimum Gasteiger partial charge on any atom is -0.382 e. The summed E-state index contributed by atoms with van der Waals surface area (Å²) in [6.07, 6.45) is 1.18. The van der Waals surface area contributed by atoms with Crippen molar-refractivity contribution in [2.75, 3.05) is 77.9 Å². The molecule has 1 atom stereocenters. The average molecular weight is 552 g/mol. The molecule has 1 fully saturated rings. The molecule has 0 bridgehead atoms. The van der Waals surface area contributed by atoms with E-state index in [-0.39, 0.29) is 25.0 Å². The molecule has 1 unspecified atom stereocenters. The van der Waals surface area contributed by atoms with Gasteiger partial charge in [0, 0.05) is 24.2 Å². The van der Waals surface area contributed by atoms with Gasteiger partial charge < -0.3 is 33.8 Å². The maximum absolute atomic E-state index is 13.0. The van der Waals surface area contributed by atoms with Gasteiger partial charge in [0.05, 0.1) is 59.5 Å². The summed E-state index contributed by atoms with van der Waals surface area (Å²) in [6, 6.07) is 4.05. The van der Waals surface area contributed by atoms with E-state index < -0.39 is 23.8 Å². The molecule has 2 rings (SSSR count). The Morgan fingerprint density at radius 3 is 2.10 bits per heavy atom. The van der Waals surface area contributed by atoms with Crippen LogP contribution in [0.2, 0.25) is 0 Å². The van der Waals surface area contributed by atoms with Crippen LogP contribution in [0.5, 0.6) is 0 Å². The number of anilines is 1. The monoisotopic (exact) mass is 551 g/mol. The first-order valence-electron chi connectivity index (χ1n) is 12.8. The molecule has 1 heterocycles. The third kappa shape index (κ3) is 11.6. The first kappa shape index (κ1) is 32.0. The van der Waals surface area contributed by atoms with Gasteiger partial charge in [0.25, 0.3) is 5.91 Å². The molecule has 0 aromatic heterocycles. The third-order valence-electron chi connectivity index (χ3n) is 5.69. The molecule has 1 aliphatic rings. The van der Waals surface area contributed by atoms with Gasteiger partial charge in [-0.3, -0.25) is 29.4 Å². The van der Waals surface area contributed by atoms with Gasteiger partial charge in [-0.05, 0) is 31.0 Å². The van der Waals surface area contributed by atoms with Crippen molar-refractivity contribution in [1.82, 2.24) is 10.2 Å². The first-order valence-corrected chi connectivity index (χ1v) is 12.8. The first-order chi connectivity index (χ1) is 19.0. The summed E-state index contributed by atoms with van der Waals surface area (Å²) in [6.45, 7) is 6.05. The zero-order chi connectivity index (χ0) is 28.3. The zero-order valence-electron chi connectivity index (χ0n) is 22.2. The molecule has 1 aromatic carbocycles. The van der Waals surface area contributed by atoms with Crippen molar-refractivity contribution in [2.45, 2.75) is 25.8 Å². The van der Waals surface area contributed by atoms with E-state index in [1.807, 2.05) is 0 Å².